The molecule has 1 rings (SSSR count). The molecule has 0 aliphatic rings. The van der Waals surface area contributed by atoms with Gasteiger partial charge in [-0.15, -0.1) is 0 Å². The first kappa shape index (κ1) is 10.5. The number of amides is 1. The second-order valence-corrected chi connectivity index (χ2v) is 4.02. The molecule has 0 bridgehead atoms. The summed E-state index contributed by atoms with van der Waals surface area (Å²) in [5, 5.41) is 3.18. The van der Waals surface area contributed by atoms with Gasteiger partial charge in [-0.25, -0.2) is 0 Å². The Labute approximate surface area is 90.4 Å². The van der Waals surface area contributed by atoms with Crippen molar-refractivity contribution in [3.8, 4) is 0 Å². The fourth-order valence-electron chi connectivity index (χ4n) is 0.943. The monoisotopic (exact) mass is 261 g/mol. The maximum Gasteiger partial charge on any atom is 0.221 e. The summed E-state index contributed by atoms with van der Waals surface area (Å²) in [6.07, 6.45) is 0. The van der Waals surface area contributed by atoms with Crippen LogP contribution in [0.3, 0.4) is 0 Å². The van der Waals surface area contributed by atoms with Gasteiger partial charge in [-0.05, 0) is 24.6 Å². The van der Waals surface area contributed by atoms with Crippen LogP contribution in [0.25, 0.3) is 0 Å². The molecular formula is C9H9BrClNO. The van der Waals surface area contributed by atoms with Crippen molar-refractivity contribution < 1.29 is 4.79 Å². The number of nitrogens with one attached hydrogen (secondary N) is 1. The van der Waals surface area contributed by atoms with Gasteiger partial charge in [0.05, 0.1) is 10.7 Å². The van der Waals surface area contributed by atoms with Gasteiger partial charge in [0.1, 0.15) is 0 Å². The van der Waals surface area contributed by atoms with Crippen LogP contribution in [-0.2, 0) is 4.79 Å². The summed E-state index contributed by atoms with van der Waals surface area (Å²) in [5.41, 5.74) is 1.68. The first-order valence-corrected chi connectivity index (χ1v) is 4.91. The topological polar surface area (TPSA) is 29.1 Å². The van der Waals surface area contributed by atoms with Crippen LogP contribution in [0.1, 0.15) is 12.5 Å². The molecule has 0 atom stereocenters. The maximum absolute atomic E-state index is 10.8. The third-order valence-corrected chi connectivity index (χ3v) is 2.73. The summed E-state index contributed by atoms with van der Waals surface area (Å²) in [6.45, 7) is 3.39. The van der Waals surface area contributed by atoms with E-state index in [0.717, 1.165) is 10.0 Å². The molecule has 0 radical (unpaired) electrons. The minimum Gasteiger partial charge on any atom is -0.325 e. The van der Waals surface area contributed by atoms with E-state index in [0.29, 0.717) is 10.7 Å². The average molecular weight is 263 g/mol. The predicted molar refractivity (Wildman–Crippen MR) is 58.2 cm³/mol. The van der Waals surface area contributed by atoms with Gasteiger partial charge in [0.25, 0.3) is 0 Å². The fourth-order valence-corrected chi connectivity index (χ4v) is 1.63. The molecule has 1 amide bonds. The van der Waals surface area contributed by atoms with Crippen molar-refractivity contribution in [2.45, 2.75) is 13.8 Å². The lowest BCUT2D eigenvalue weighted by Crippen LogP contribution is -2.06. The smallest absolute Gasteiger partial charge is 0.221 e. The number of carbonyl (C=O) groups excluding carboxylic acids is 1. The molecule has 1 aromatic rings. The minimum atomic E-state index is -0.122. The molecule has 0 aliphatic heterocycles. The summed E-state index contributed by atoms with van der Waals surface area (Å²) in [4.78, 5) is 10.8. The molecule has 0 saturated carbocycles. The molecule has 4 heteroatoms. The Kier molecular flexibility index (Phi) is 3.33. The van der Waals surface area contributed by atoms with Gasteiger partial charge in [-0.3, -0.25) is 4.79 Å². The minimum absolute atomic E-state index is 0.122. The second kappa shape index (κ2) is 4.11. The number of rotatable bonds is 1. The Morgan fingerprint density at radius 3 is 2.69 bits per heavy atom. The van der Waals surface area contributed by atoms with Gasteiger partial charge in [0, 0.05) is 11.4 Å². The van der Waals surface area contributed by atoms with Crippen LogP contribution < -0.4 is 5.32 Å². The van der Waals surface area contributed by atoms with Crippen molar-refractivity contribution >= 4 is 39.1 Å². The summed E-state index contributed by atoms with van der Waals surface area (Å²) >= 11 is 9.25. The van der Waals surface area contributed by atoms with Crippen molar-refractivity contribution in [2.24, 2.45) is 0 Å². The Morgan fingerprint density at radius 2 is 2.15 bits per heavy atom. The summed E-state index contributed by atoms with van der Waals surface area (Å²) < 4.78 is 0.937. The zero-order chi connectivity index (χ0) is 10.0. The van der Waals surface area contributed by atoms with Gasteiger partial charge in [-0.1, -0.05) is 27.5 Å². The van der Waals surface area contributed by atoms with Crippen LogP contribution in [0.4, 0.5) is 5.69 Å². The fraction of sp³-hybridized carbons (Fsp3) is 0.222. The Bertz CT molecular complexity index is 352. The van der Waals surface area contributed by atoms with Crippen LogP contribution in [-0.4, -0.2) is 5.91 Å². The van der Waals surface area contributed by atoms with E-state index in [2.05, 4.69) is 21.2 Å². The molecule has 13 heavy (non-hydrogen) atoms. The molecule has 0 spiro atoms. The van der Waals surface area contributed by atoms with Crippen molar-refractivity contribution in [1.29, 1.82) is 0 Å². The molecule has 0 fully saturated rings. The lowest BCUT2D eigenvalue weighted by atomic mass is 10.2. The molecule has 0 unspecified atom stereocenters. The molecule has 0 aliphatic carbocycles. The van der Waals surface area contributed by atoms with E-state index >= 15 is 0 Å². The van der Waals surface area contributed by atoms with E-state index in [4.69, 9.17) is 11.6 Å². The summed E-state index contributed by atoms with van der Waals surface area (Å²) in [5.74, 6) is -0.122. The standard InChI is InChI=1S/C9H9BrClNO/c1-5-3-9(12-6(2)13)8(11)4-7(5)10/h3-4H,1-2H3,(H,12,13). The highest BCUT2D eigenvalue weighted by molar-refractivity contribution is 9.10. The Morgan fingerprint density at radius 1 is 1.54 bits per heavy atom. The number of halogens is 2. The van der Waals surface area contributed by atoms with Crippen LogP contribution in [0.15, 0.2) is 16.6 Å². The van der Waals surface area contributed by atoms with E-state index < -0.39 is 0 Å². The summed E-state index contributed by atoms with van der Waals surface area (Å²) in [7, 11) is 0. The van der Waals surface area contributed by atoms with Gasteiger partial charge < -0.3 is 5.32 Å². The van der Waals surface area contributed by atoms with E-state index in [1.165, 1.54) is 6.92 Å². The quantitative estimate of drug-likeness (QED) is 0.826. The average Bonchev–Trinajstić information content (AvgIpc) is 1.99. The van der Waals surface area contributed by atoms with E-state index in [-0.39, 0.29) is 5.91 Å². The van der Waals surface area contributed by atoms with Crippen LogP contribution in [0.5, 0.6) is 0 Å². The highest BCUT2D eigenvalue weighted by Crippen LogP contribution is 2.28. The number of anilines is 1. The lowest BCUT2D eigenvalue weighted by Gasteiger charge is -2.07. The third-order valence-electron chi connectivity index (χ3n) is 1.56. The highest BCUT2D eigenvalue weighted by Gasteiger charge is 2.04. The molecule has 1 N–H and O–H groups in total. The first-order chi connectivity index (χ1) is 6.00. The number of hydrogen-bond donors (Lipinski definition) is 1. The molecule has 70 valence electrons. The highest BCUT2D eigenvalue weighted by atomic mass is 79.9. The van der Waals surface area contributed by atoms with Gasteiger partial charge in [0.2, 0.25) is 5.91 Å². The van der Waals surface area contributed by atoms with Gasteiger partial charge in [0.15, 0.2) is 0 Å². The zero-order valence-electron chi connectivity index (χ0n) is 7.32. The maximum atomic E-state index is 10.8. The molecule has 0 saturated heterocycles. The molecule has 0 aromatic heterocycles. The van der Waals surface area contributed by atoms with Crippen LogP contribution >= 0.6 is 27.5 Å². The molecule has 1 aromatic carbocycles. The summed E-state index contributed by atoms with van der Waals surface area (Å²) in [6, 6.07) is 3.59. The number of hydrogen-bond acceptors (Lipinski definition) is 1. The second-order valence-electron chi connectivity index (χ2n) is 2.76. The van der Waals surface area contributed by atoms with E-state index in [1.807, 2.05) is 13.0 Å². The normalized spacial score (nSPS) is 9.85. The Balaban J connectivity index is 3.08. The largest absolute Gasteiger partial charge is 0.325 e. The SMILES string of the molecule is CC(=O)Nc1cc(C)c(Br)cc1Cl. The van der Waals surface area contributed by atoms with E-state index in [9.17, 15) is 4.79 Å². The predicted octanol–water partition coefficient (Wildman–Crippen LogP) is 3.37. The molecule has 2 nitrogen and oxygen atoms in total. The molecule has 0 heterocycles. The van der Waals surface area contributed by atoms with Crippen molar-refractivity contribution in [3.05, 3.63) is 27.2 Å². The third kappa shape index (κ3) is 2.71. The van der Waals surface area contributed by atoms with Gasteiger partial charge in [-0.2, -0.15) is 0 Å². The number of benzene rings is 1. The first-order valence-electron chi connectivity index (χ1n) is 3.74. The van der Waals surface area contributed by atoms with Gasteiger partial charge >= 0.3 is 0 Å². The van der Waals surface area contributed by atoms with Crippen LogP contribution in [0, 0.1) is 6.92 Å². The van der Waals surface area contributed by atoms with Crippen molar-refractivity contribution in [2.75, 3.05) is 5.32 Å². The zero-order valence-corrected chi connectivity index (χ0v) is 9.66. The Hall–Kier alpha value is -0.540. The van der Waals surface area contributed by atoms with E-state index in [1.54, 1.807) is 6.07 Å². The van der Waals surface area contributed by atoms with Crippen molar-refractivity contribution in [1.82, 2.24) is 0 Å². The number of aryl methyl sites for hydroxylation is 1. The molecular weight excluding hydrogens is 253 g/mol. The van der Waals surface area contributed by atoms with Crippen LogP contribution in [0.2, 0.25) is 5.02 Å². The number of carbonyl (C=O) groups is 1. The van der Waals surface area contributed by atoms with Crippen molar-refractivity contribution in [3.63, 3.8) is 0 Å². The lowest BCUT2D eigenvalue weighted by molar-refractivity contribution is -0.114.